The van der Waals surface area contributed by atoms with Crippen molar-refractivity contribution in [3.8, 4) is 0 Å². The quantitative estimate of drug-likeness (QED) is 0.454. The fourth-order valence-electron chi connectivity index (χ4n) is 0. The van der Waals surface area contributed by atoms with E-state index in [4.69, 9.17) is 30.0 Å². The minimum atomic E-state index is -2.33. The molecule has 1 radical (unpaired) electrons. The Labute approximate surface area is 65.2 Å². The Balaban J connectivity index is -0.0000000720. The van der Waals surface area contributed by atoms with Crippen LogP contribution in [0.25, 0.3) is 0 Å². The molecule has 0 heterocycles. The summed E-state index contributed by atoms with van der Waals surface area (Å²) in [6, 6.07) is 0. The molecule has 9 heavy (non-hydrogen) atoms. The Hall–Kier alpha value is -0.720. The summed E-state index contributed by atoms with van der Waals surface area (Å²) in [5.74, 6) is 0. The monoisotopic (exact) mass is 229 g/mol. The van der Waals surface area contributed by atoms with Crippen LogP contribution in [0.4, 0.5) is 9.59 Å². The number of hydrogen-bond acceptors (Lipinski definition) is 4. The average Bonchev–Trinajstić information content (AvgIpc) is 1.25. The summed E-state index contributed by atoms with van der Waals surface area (Å²) in [5.41, 5.74) is 0. The van der Waals surface area contributed by atoms with Crippen molar-refractivity contribution < 1.29 is 52.4 Å². The molecule has 0 unspecified atom stereocenters. The number of rotatable bonds is 0. The molecule has 0 fully saturated rings. The number of hydrogen-bond donors (Lipinski definition) is 2. The zero-order valence-corrected chi connectivity index (χ0v) is 5.31. The van der Waals surface area contributed by atoms with Crippen LogP contribution in [-0.2, 0) is 22.4 Å². The van der Waals surface area contributed by atoms with Crippen LogP contribution in [0.3, 0.4) is 0 Å². The molecule has 0 aliphatic heterocycles. The molecule has 2 N–H and O–H groups in total. The van der Waals surface area contributed by atoms with Gasteiger partial charge in [-0.3, -0.25) is 0 Å². The van der Waals surface area contributed by atoms with Crippen LogP contribution in [0.1, 0.15) is 0 Å². The topological polar surface area (TPSA) is 121 Å². The Morgan fingerprint density at radius 3 is 1.11 bits per heavy atom. The van der Waals surface area contributed by atoms with Crippen molar-refractivity contribution >= 4 is 12.3 Å². The first-order chi connectivity index (χ1) is 3.46. The summed E-state index contributed by atoms with van der Waals surface area (Å²) in [6.45, 7) is 0. The Bertz CT molecular complexity index is 69.1. The first-order valence-corrected chi connectivity index (χ1v) is 1.26. The maximum Gasteiger partial charge on any atom is 0.503 e. The van der Waals surface area contributed by atoms with Crippen LogP contribution >= 0.6 is 0 Å². The number of carbonyl (C=O) groups excluding carboxylic acids is 1. The van der Waals surface area contributed by atoms with E-state index in [0.717, 1.165) is 0 Å². The predicted molar refractivity (Wildman–Crippen MR) is 16.0 cm³/mol. The fraction of sp³-hybridized carbons (Fsp3) is 0. The van der Waals surface area contributed by atoms with Gasteiger partial charge in [0.2, 0.25) is 0 Å². The van der Waals surface area contributed by atoms with Gasteiger partial charge in [0.25, 0.3) is 0 Å². The molecule has 0 spiro atoms. The summed E-state index contributed by atoms with van der Waals surface area (Å²) in [6.07, 6.45) is -4.17. The van der Waals surface area contributed by atoms with Crippen LogP contribution in [0.15, 0.2) is 0 Å². The van der Waals surface area contributed by atoms with E-state index in [2.05, 4.69) is 0 Å². The van der Waals surface area contributed by atoms with E-state index in [0.29, 0.717) is 0 Å². The van der Waals surface area contributed by atoms with Gasteiger partial charge in [0, 0.05) is 22.4 Å². The molecule has 6 nitrogen and oxygen atoms in total. The normalized spacial score (nSPS) is 5.33. The van der Waals surface area contributed by atoms with Crippen molar-refractivity contribution in [3.63, 3.8) is 0 Å². The zero-order chi connectivity index (χ0) is 7.15. The van der Waals surface area contributed by atoms with Gasteiger partial charge < -0.3 is 25.2 Å². The largest absolute Gasteiger partial charge is 0.652 e. The van der Waals surface area contributed by atoms with Crippen LogP contribution in [0, 0.1) is 0 Å². The second kappa shape index (κ2) is 10.3. The van der Waals surface area contributed by atoms with Gasteiger partial charge in [0.15, 0.2) is 0 Å². The second-order valence-electron chi connectivity index (χ2n) is 0.533. The van der Waals surface area contributed by atoms with Crippen LogP contribution < -0.4 is 10.2 Å². The molecular formula is C2H2AgO6-2. The molecule has 7 heteroatoms. The minimum Gasteiger partial charge on any atom is -0.652 e. The number of carbonyl (C=O) groups is 2. The van der Waals surface area contributed by atoms with E-state index in [-0.39, 0.29) is 22.4 Å². The third-order valence-electron chi connectivity index (χ3n) is 0. The molecule has 0 saturated heterocycles. The van der Waals surface area contributed by atoms with Gasteiger partial charge in [-0.1, -0.05) is 0 Å². The van der Waals surface area contributed by atoms with Crippen molar-refractivity contribution in [2.45, 2.75) is 0 Å². The van der Waals surface area contributed by atoms with Crippen LogP contribution in [0.5, 0.6) is 0 Å². The molecular weight excluding hydrogens is 228 g/mol. The zero-order valence-electron chi connectivity index (χ0n) is 3.83. The van der Waals surface area contributed by atoms with Crippen molar-refractivity contribution in [1.82, 2.24) is 0 Å². The van der Waals surface area contributed by atoms with Crippen molar-refractivity contribution in [1.29, 1.82) is 0 Å². The molecule has 0 aromatic heterocycles. The summed E-state index contributed by atoms with van der Waals surface area (Å²) in [5, 5.41) is 30.6. The van der Waals surface area contributed by atoms with Crippen molar-refractivity contribution in [2.75, 3.05) is 0 Å². The molecule has 59 valence electrons. The second-order valence-corrected chi connectivity index (χ2v) is 0.533. The van der Waals surface area contributed by atoms with Crippen LogP contribution in [0.2, 0.25) is 0 Å². The summed E-state index contributed by atoms with van der Waals surface area (Å²) < 4.78 is 0. The summed E-state index contributed by atoms with van der Waals surface area (Å²) in [7, 11) is 0. The maximum absolute atomic E-state index is 8.56. The minimum absolute atomic E-state index is 0. The first kappa shape index (κ1) is 15.7. The first-order valence-electron chi connectivity index (χ1n) is 1.26. The fourth-order valence-corrected chi connectivity index (χ4v) is 0. The van der Waals surface area contributed by atoms with Gasteiger partial charge in [-0.25, -0.2) is 4.79 Å². The smallest absolute Gasteiger partial charge is 0.503 e. The van der Waals surface area contributed by atoms with E-state index in [1.54, 1.807) is 0 Å². The summed E-state index contributed by atoms with van der Waals surface area (Å²) >= 11 is 0. The van der Waals surface area contributed by atoms with Crippen molar-refractivity contribution in [2.24, 2.45) is 0 Å². The van der Waals surface area contributed by atoms with Gasteiger partial charge in [0.05, 0.1) is 0 Å². The molecule has 0 aromatic carbocycles. The molecule has 0 saturated carbocycles. The molecule has 0 aliphatic rings. The number of carboxylic acid groups (broad SMARTS) is 4. The van der Waals surface area contributed by atoms with Gasteiger partial charge in [-0.15, -0.1) is 0 Å². The molecule has 0 aliphatic carbocycles. The Morgan fingerprint density at radius 1 is 1.11 bits per heavy atom. The van der Waals surface area contributed by atoms with E-state index in [1.165, 1.54) is 0 Å². The summed E-state index contributed by atoms with van der Waals surface area (Å²) in [4.78, 5) is 16.9. The van der Waals surface area contributed by atoms with Gasteiger partial charge in [-0.2, -0.15) is 0 Å². The van der Waals surface area contributed by atoms with Gasteiger partial charge in [-0.05, 0) is 6.16 Å². The predicted octanol–water partition coefficient (Wildman–Crippen LogP) is -2.23. The molecule has 0 aromatic rings. The third-order valence-corrected chi connectivity index (χ3v) is 0. The maximum atomic E-state index is 8.56. The SMILES string of the molecule is O=C(O)O.O=C([O-])[O-].[Ag]. The average molecular weight is 230 g/mol. The molecule has 0 rings (SSSR count). The molecule has 0 atom stereocenters. The van der Waals surface area contributed by atoms with Crippen LogP contribution in [-0.4, -0.2) is 22.5 Å². The molecule has 0 bridgehead atoms. The van der Waals surface area contributed by atoms with E-state index in [1.807, 2.05) is 0 Å². The van der Waals surface area contributed by atoms with Gasteiger partial charge in [0.1, 0.15) is 0 Å². The Kier molecular flexibility index (Phi) is 18.0. The van der Waals surface area contributed by atoms with Gasteiger partial charge >= 0.3 is 6.16 Å². The van der Waals surface area contributed by atoms with E-state index < -0.39 is 12.3 Å². The third kappa shape index (κ3) is 392. The van der Waals surface area contributed by atoms with E-state index >= 15 is 0 Å². The van der Waals surface area contributed by atoms with E-state index in [9.17, 15) is 0 Å². The Morgan fingerprint density at radius 2 is 1.11 bits per heavy atom. The molecule has 0 amide bonds. The van der Waals surface area contributed by atoms with Crippen molar-refractivity contribution in [3.05, 3.63) is 0 Å². The standard InChI is InChI=1S/2CH2O3.Ag/c2*2-1(3)4;/h2*(H2,2,3,4);/p-2.